The third kappa shape index (κ3) is 6.25. The summed E-state index contributed by atoms with van der Waals surface area (Å²) in [5.74, 6) is -0.745. The minimum absolute atomic E-state index is 0.222. The van der Waals surface area contributed by atoms with E-state index in [-0.39, 0.29) is 6.42 Å². The summed E-state index contributed by atoms with van der Waals surface area (Å²) in [7, 11) is 4.06. The van der Waals surface area contributed by atoms with Gasteiger partial charge in [-0.15, -0.1) is 0 Å². The zero-order chi connectivity index (χ0) is 11.0. The van der Waals surface area contributed by atoms with Gasteiger partial charge in [-0.1, -0.05) is 19.1 Å². The van der Waals surface area contributed by atoms with Crippen LogP contribution in [0.25, 0.3) is 0 Å². The number of carboxylic acids is 1. The smallest absolute Gasteiger partial charge is 0.303 e. The van der Waals surface area contributed by atoms with Gasteiger partial charge in [-0.2, -0.15) is 0 Å². The van der Waals surface area contributed by atoms with E-state index < -0.39 is 5.97 Å². The van der Waals surface area contributed by atoms with Crippen LogP contribution in [0.15, 0.2) is 24.4 Å². The molecule has 0 amide bonds. The molecule has 0 radical (unpaired) electrons. The Bertz CT molecular complexity index is 222. The van der Waals surface area contributed by atoms with E-state index in [1.54, 1.807) is 6.92 Å². The maximum absolute atomic E-state index is 9.37. The predicted molar refractivity (Wildman–Crippen MR) is 56.6 cm³/mol. The Labute approximate surface area is 85.1 Å². The van der Waals surface area contributed by atoms with Crippen molar-refractivity contribution >= 4 is 5.97 Å². The van der Waals surface area contributed by atoms with Crippen molar-refractivity contribution in [2.75, 3.05) is 20.6 Å². The molecule has 4 heteroatoms. The molecule has 4 nitrogen and oxygen atoms in total. The molecule has 0 aromatic carbocycles. The average Bonchev–Trinajstić information content (AvgIpc) is 2.20. The molecule has 1 heterocycles. The summed E-state index contributed by atoms with van der Waals surface area (Å²) in [5, 5.41) is 11.9. The summed E-state index contributed by atoms with van der Waals surface area (Å²) in [5.41, 5.74) is 0. The summed E-state index contributed by atoms with van der Waals surface area (Å²) < 4.78 is 0. The van der Waals surface area contributed by atoms with Crippen LogP contribution in [0, 0.1) is 0 Å². The summed E-state index contributed by atoms with van der Waals surface area (Å²) >= 11 is 0. The fourth-order valence-corrected chi connectivity index (χ4v) is 0.754. The highest BCUT2D eigenvalue weighted by molar-refractivity contribution is 5.66. The lowest BCUT2D eigenvalue weighted by Gasteiger charge is -2.27. The van der Waals surface area contributed by atoms with Crippen molar-refractivity contribution in [1.29, 1.82) is 0 Å². The third-order valence-corrected chi connectivity index (χ3v) is 1.61. The van der Waals surface area contributed by atoms with Crippen LogP contribution in [0.2, 0.25) is 0 Å². The lowest BCUT2D eigenvalue weighted by molar-refractivity contribution is -0.136. The van der Waals surface area contributed by atoms with Crippen molar-refractivity contribution in [3.63, 3.8) is 0 Å². The van der Waals surface area contributed by atoms with E-state index in [1.807, 2.05) is 20.2 Å². The number of carboxylic acid groups (broad SMARTS) is 1. The second-order valence-electron chi connectivity index (χ2n) is 2.99. The molecule has 0 aromatic heterocycles. The summed E-state index contributed by atoms with van der Waals surface area (Å²) in [6.45, 7) is 2.59. The number of hydrogen-bond acceptors (Lipinski definition) is 3. The van der Waals surface area contributed by atoms with Gasteiger partial charge in [-0.05, 0) is 6.08 Å². The minimum atomic E-state index is -0.745. The summed E-state index contributed by atoms with van der Waals surface area (Å²) in [6.07, 6.45) is 8.49. The Balaban J connectivity index is 0.000000292. The molecular formula is C10H18N2O2. The first-order chi connectivity index (χ1) is 6.57. The van der Waals surface area contributed by atoms with Crippen LogP contribution in [0.5, 0.6) is 0 Å². The zero-order valence-electron chi connectivity index (χ0n) is 8.97. The molecule has 80 valence electrons. The molecule has 0 saturated heterocycles. The van der Waals surface area contributed by atoms with Crippen LogP contribution in [-0.4, -0.2) is 41.7 Å². The van der Waals surface area contributed by atoms with E-state index in [2.05, 4.69) is 28.4 Å². The average molecular weight is 198 g/mol. The van der Waals surface area contributed by atoms with Crippen molar-refractivity contribution in [3.05, 3.63) is 24.4 Å². The molecule has 0 saturated carbocycles. The van der Waals surface area contributed by atoms with Gasteiger partial charge in [0.05, 0.1) is 6.54 Å². The number of carbonyl (C=O) groups is 1. The summed E-state index contributed by atoms with van der Waals surface area (Å²) in [6, 6.07) is 0. The van der Waals surface area contributed by atoms with Gasteiger partial charge in [0, 0.05) is 26.7 Å². The molecule has 0 fully saturated rings. The van der Waals surface area contributed by atoms with Gasteiger partial charge < -0.3 is 10.1 Å². The normalized spacial score (nSPS) is 13.9. The molecule has 0 atom stereocenters. The van der Waals surface area contributed by atoms with Crippen LogP contribution in [-0.2, 0) is 4.79 Å². The molecular weight excluding hydrogens is 180 g/mol. The number of rotatable bonds is 2. The molecule has 0 unspecified atom stereocenters. The quantitative estimate of drug-likeness (QED) is 0.727. The molecule has 0 bridgehead atoms. The van der Waals surface area contributed by atoms with Crippen LogP contribution in [0.1, 0.15) is 13.3 Å². The Morgan fingerprint density at radius 3 is 2.29 bits per heavy atom. The highest BCUT2D eigenvalue weighted by Crippen LogP contribution is 1.98. The maximum Gasteiger partial charge on any atom is 0.303 e. The Hall–Kier alpha value is -1.29. The third-order valence-electron chi connectivity index (χ3n) is 1.61. The second-order valence-corrected chi connectivity index (χ2v) is 2.99. The van der Waals surface area contributed by atoms with Gasteiger partial charge in [-0.3, -0.25) is 4.79 Å². The van der Waals surface area contributed by atoms with Gasteiger partial charge in [-0.25, -0.2) is 5.01 Å². The van der Waals surface area contributed by atoms with Crippen LogP contribution < -0.4 is 0 Å². The van der Waals surface area contributed by atoms with E-state index in [1.165, 1.54) is 0 Å². The second kappa shape index (κ2) is 7.15. The molecule has 1 rings (SSSR count). The van der Waals surface area contributed by atoms with Crippen molar-refractivity contribution in [2.45, 2.75) is 13.3 Å². The first kappa shape index (κ1) is 12.7. The fraction of sp³-hybridized carbons (Fsp3) is 0.500. The number of hydrogen-bond donors (Lipinski definition) is 1. The molecule has 0 aliphatic carbocycles. The molecule has 14 heavy (non-hydrogen) atoms. The van der Waals surface area contributed by atoms with E-state index in [9.17, 15) is 4.79 Å². The van der Waals surface area contributed by atoms with E-state index in [0.29, 0.717) is 0 Å². The van der Waals surface area contributed by atoms with Crippen molar-refractivity contribution < 1.29 is 9.90 Å². The number of hydrazine groups is 1. The van der Waals surface area contributed by atoms with Crippen LogP contribution in [0.3, 0.4) is 0 Å². The van der Waals surface area contributed by atoms with E-state index >= 15 is 0 Å². The lowest BCUT2D eigenvalue weighted by Crippen LogP contribution is -2.32. The molecule has 1 aliphatic rings. The maximum atomic E-state index is 9.37. The zero-order valence-corrected chi connectivity index (χ0v) is 8.97. The first-order valence-electron chi connectivity index (χ1n) is 4.57. The topological polar surface area (TPSA) is 43.8 Å². The Morgan fingerprint density at radius 1 is 1.50 bits per heavy atom. The van der Waals surface area contributed by atoms with E-state index in [4.69, 9.17) is 5.11 Å². The Kier molecular flexibility index (Phi) is 6.49. The lowest BCUT2D eigenvalue weighted by atomic mass is 10.4. The van der Waals surface area contributed by atoms with Gasteiger partial charge in [0.25, 0.3) is 0 Å². The number of allylic oxidation sites excluding steroid dienone is 2. The van der Waals surface area contributed by atoms with Crippen molar-refractivity contribution in [1.82, 2.24) is 10.0 Å². The van der Waals surface area contributed by atoms with Gasteiger partial charge in [0.15, 0.2) is 0 Å². The molecule has 1 aliphatic heterocycles. The van der Waals surface area contributed by atoms with Crippen LogP contribution in [0.4, 0.5) is 0 Å². The largest absolute Gasteiger partial charge is 0.481 e. The fourth-order valence-electron chi connectivity index (χ4n) is 0.754. The summed E-state index contributed by atoms with van der Waals surface area (Å²) in [4.78, 5) is 9.37. The highest BCUT2D eigenvalue weighted by atomic mass is 16.4. The van der Waals surface area contributed by atoms with Gasteiger partial charge in [0.1, 0.15) is 0 Å². The predicted octanol–water partition coefficient (Wildman–Crippen LogP) is 1.33. The first-order valence-corrected chi connectivity index (χ1v) is 4.57. The van der Waals surface area contributed by atoms with Gasteiger partial charge >= 0.3 is 5.97 Å². The highest BCUT2D eigenvalue weighted by Gasteiger charge is 1.98. The van der Waals surface area contributed by atoms with Crippen molar-refractivity contribution in [2.24, 2.45) is 0 Å². The Morgan fingerprint density at radius 2 is 2.07 bits per heavy atom. The SMILES string of the molecule is CCC(=O)O.CN(C)N1C=CC=CC1. The molecule has 0 spiro atoms. The van der Waals surface area contributed by atoms with Crippen LogP contribution >= 0.6 is 0 Å². The van der Waals surface area contributed by atoms with Gasteiger partial charge in [0.2, 0.25) is 0 Å². The number of aliphatic carboxylic acids is 1. The molecule has 1 N–H and O–H groups in total. The minimum Gasteiger partial charge on any atom is -0.481 e. The monoisotopic (exact) mass is 198 g/mol. The van der Waals surface area contributed by atoms with Crippen molar-refractivity contribution in [3.8, 4) is 0 Å². The van der Waals surface area contributed by atoms with E-state index in [0.717, 1.165) is 6.54 Å². The standard InChI is InChI=1S/C7H12N2.C3H6O2/c1-8(2)9-6-4-3-5-7-9;1-2-3(4)5/h3-6H,7H2,1-2H3;2H2,1H3,(H,4,5). The number of nitrogens with zero attached hydrogens (tertiary/aromatic N) is 2. The molecule has 0 aromatic rings.